The van der Waals surface area contributed by atoms with Crippen LogP contribution in [0.15, 0.2) is 59.4 Å². The summed E-state index contributed by atoms with van der Waals surface area (Å²) >= 11 is 0. The van der Waals surface area contributed by atoms with E-state index in [-0.39, 0.29) is 24.4 Å². The van der Waals surface area contributed by atoms with Crippen LogP contribution in [0.25, 0.3) is 10.9 Å². The minimum Gasteiger partial charge on any atom is -0.493 e. The number of aromatic amines is 1. The molecule has 0 spiro atoms. The SMILES string of the molecule is CN(Cc1nc2ccccc2c(=O)[nH]1)C(=O)CCOc1ccccc1. The van der Waals surface area contributed by atoms with Gasteiger partial charge in [0.1, 0.15) is 11.6 Å². The Morgan fingerprint density at radius 2 is 1.84 bits per heavy atom. The van der Waals surface area contributed by atoms with Gasteiger partial charge in [0.25, 0.3) is 5.56 Å². The molecule has 0 unspecified atom stereocenters. The molecule has 3 aromatic rings. The molecule has 0 saturated heterocycles. The first-order chi connectivity index (χ1) is 12.1. The van der Waals surface area contributed by atoms with Crippen molar-refractivity contribution in [1.29, 1.82) is 0 Å². The maximum Gasteiger partial charge on any atom is 0.258 e. The Kier molecular flexibility index (Phi) is 5.09. The highest BCUT2D eigenvalue weighted by molar-refractivity contribution is 5.77. The molecule has 0 bridgehead atoms. The van der Waals surface area contributed by atoms with E-state index in [0.29, 0.717) is 23.3 Å². The largest absolute Gasteiger partial charge is 0.493 e. The number of nitrogens with one attached hydrogen (secondary N) is 1. The Hall–Kier alpha value is -3.15. The zero-order valence-corrected chi connectivity index (χ0v) is 13.9. The van der Waals surface area contributed by atoms with Crippen LogP contribution in [0.5, 0.6) is 5.75 Å². The number of ether oxygens (including phenoxy) is 1. The average molecular weight is 337 g/mol. The van der Waals surface area contributed by atoms with Crippen LogP contribution in [0.2, 0.25) is 0 Å². The molecule has 1 aromatic heterocycles. The highest BCUT2D eigenvalue weighted by atomic mass is 16.5. The van der Waals surface area contributed by atoms with Crippen LogP contribution in [0.3, 0.4) is 0 Å². The summed E-state index contributed by atoms with van der Waals surface area (Å²) in [5, 5.41) is 0.538. The molecule has 128 valence electrons. The second-order valence-electron chi connectivity index (χ2n) is 5.69. The second kappa shape index (κ2) is 7.61. The number of hydrogen-bond acceptors (Lipinski definition) is 4. The minimum absolute atomic E-state index is 0.0771. The fourth-order valence-electron chi connectivity index (χ4n) is 2.49. The van der Waals surface area contributed by atoms with Gasteiger partial charge in [0.15, 0.2) is 0 Å². The molecule has 0 aliphatic heterocycles. The van der Waals surface area contributed by atoms with Crippen molar-refractivity contribution >= 4 is 16.8 Å². The lowest BCUT2D eigenvalue weighted by molar-refractivity contribution is -0.131. The van der Waals surface area contributed by atoms with Gasteiger partial charge in [0, 0.05) is 7.05 Å². The number of rotatable bonds is 6. The van der Waals surface area contributed by atoms with Crippen LogP contribution in [-0.2, 0) is 11.3 Å². The predicted octanol–water partition coefficient (Wildman–Crippen LogP) is 2.35. The van der Waals surface area contributed by atoms with E-state index in [0.717, 1.165) is 5.75 Å². The van der Waals surface area contributed by atoms with Crippen molar-refractivity contribution in [3.63, 3.8) is 0 Å². The van der Waals surface area contributed by atoms with E-state index in [1.807, 2.05) is 36.4 Å². The van der Waals surface area contributed by atoms with Gasteiger partial charge in [0.2, 0.25) is 5.91 Å². The molecule has 6 nitrogen and oxygen atoms in total. The molecule has 0 atom stereocenters. The lowest BCUT2D eigenvalue weighted by Crippen LogP contribution is -2.29. The maximum absolute atomic E-state index is 12.2. The van der Waals surface area contributed by atoms with Crippen molar-refractivity contribution in [3.8, 4) is 5.75 Å². The highest BCUT2D eigenvalue weighted by Gasteiger charge is 2.12. The highest BCUT2D eigenvalue weighted by Crippen LogP contribution is 2.10. The van der Waals surface area contributed by atoms with Gasteiger partial charge >= 0.3 is 0 Å². The Bertz CT molecular complexity index is 922. The number of carbonyl (C=O) groups is 1. The summed E-state index contributed by atoms with van der Waals surface area (Å²) < 4.78 is 5.53. The first-order valence-electron chi connectivity index (χ1n) is 8.03. The summed E-state index contributed by atoms with van der Waals surface area (Å²) in [7, 11) is 1.68. The van der Waals surface area contributed by atoms with Crippen LogP contribution < -0.4 is 10.3 Å². The van der Waals surface area contributed by atoms with E-state index >= 15 is 0 Å². The van der Waals surface area contributed by atoms with Crippen LogP contribution in [0, 0.1) is 0 Å². The predicted molar refractivity (Wildman–Crippen MR) is 95.4 cm³/mol. The van der Waals surface area contributed by atoms with E-state index in [4.69, 9.17) is 4.74 Å². The Morgan fingerprint density at radius 1 is 1.12 bits per heavy atom. The van der Waals surface area contributed by atoms with Crippen molar-refractivity contribution in [3.05, 3.63) is 70.8 Å². The molecular formula is C19H19N3O3. The Morgan fingerprint density at radius 3 is 2.64 bits per heavy atom. The molecule has 0 radical (unpaired) electrons. The van der Waals surface area contributed by atoms with Crippen LogP contribution in [-0.4, -0.2) is 34.4 Å². The van der Waals surface area contributed by atoms with Gasteiger partial charge in [-0.15, -0.1) is 0 Å². The molecule has 2 aromatic carbocycles. The number of H-pyrrole nitrogens is 1. The molecule has 1 heterocycles. The number of amides is 1. The minimum atomic E-state index is -0.200. The number of benzene rings is 2. The molecule has 0 aliphatic rings. The van der Waals surface area contributed by atoms with Gasteiger partial charge in [-0.1, -0.05) is 30.3 Å². The smallest absolute Gasteiger partial charge is 0.258 e. The van der Waals surface area contributed by atoms with Gasteiger partial charge in [-0.3, -0.25) is 9.59 Å². The van der Waals surface area contributed by atoms with Gasteiger partial charge in [0.05, 0.1) is 30.5 Å². The van der Waals surface area contributed by atoms with E-state index < -0.39 is 0 Å². The van der Waals surface area contributed by atoms with Gasteiger partial charge in [-0.2, -0.15) is 0 Å². The molecule has 0 aliphatic carbocycles. The summed E-state index contributed by atoms with van der Waals surface area (Å²) in [5.74, 6) is 1.12. The van der Waals surface area contributed by atoms with Crippen LogP contribution in [0.4, 0.5) is 0 Å². The van der Waals surface area contributed by atoms with E-state index in [2.05, 4.69) is 9.97 Å². The standard InChI is InChI=1S/C19H19N3O3/c1-22(18(23)11-12-25-14-7-3-2-4-8-14)13-17-20-16-10-6-5-9-15(16)19(24)21-17/h2-10H,11-13H2,1H3,(H,20,21,24). The lowest BCUT2D eigenvalue weighted by Gasteiger charge is -2.17. The monoisotopic (exact) mass is 337 g/mol. The lowest BCUT2D eigenvalue weighted by atomic mass is 10.2. The summed E-state index contributed by atoms with van der Waals surface area (Å²) in [6, 6.07) is 16.5. The van der Waals surface area contributed by atoms with E-state index in [1.54, 1.807) is 25.2 Å². The van der Waals surface area contributed by atoms with Crippen molar-refractivity contribution in [2.75, 3.05) is 13.7 Å². The van der Waals surface area contributed by atoms with Gasteiger partial charge in [-0.05, 0) is 24.3 Å². The third-order valence-corrected chi connectivity index (χ3v) is 3.80. The van der Waals surface area contributed by atoms with Crippen LogP contribution in [0.1, 0.15) is 12.2 Å². The first kappa shape index (κ1) is 16.7. The summed E-state index contributed by atoms with van der Waals surface area (Å²) in [6.45, 7) is 0.541. The quantitative estimate of drug-likeness (QED) is 0.749. The summed E-state index contributed by atoms with van der Waals surface area (Å²) in [6.07, 6.45) is 0.253. The zero-order valence-electron chi connectivity index (χ0n) is 13.9. The molecule has 1 N–H and O–H groups in total. The molecule has 3 rings (SSSR count). The van der Waals surface area contributed by atoms with Gasteiger partial charge < -0.3 is 14.6 Å². The molecule has 6 heteroatoms. The Balaban J connectivity index is 1.59. The topological polar surface area (TPSA) is 75.3 Å². The normalized spacial score (nSPS) is 10.6. The first-order valence-corrected chi connectivity index (χ1v) is 8.03. The number of carbonyl (C=O) groups excluding carboxylic acids is 1. The maximum atomic E-state index is 12.2. The van der Waals surface area contributed by atoms with Crippen molar-refractivity contribution in [2.45, 2.75) is 13.0 Å². The Labute approximate surface area is 145 Å². The van der Waals surface area contributed by atoms with E-state index in [1.165, 1.54) is 4.90 Å². The number of nitrogens with zero attached hydrogens (tertiary/aromatic N) is 2. The number of fused-ring (bicyclic) bond motifs is 1. The molecule has 1 amide bonds. The second-order valence-corrected chi connectivity index (χ2v) is 5.69. The molecule has 0 saturated carbocycles. The zero-order chi connectivity index (χ0) is 17.6. The number of hydrogen-bond donors (Lipinski definition) is 1. The number of para-hydroxylation sites is 2. The third-order valence-electron chi connectivity index (χ3n) is 3.80. The van der Waals surface area contributed by atoms with Crippen molar-refractivity contribution in [2.24, 2.45) is 0 Å². The molecule has 25 heavy (non-hydrogen) atoms. The average Bonchev–Trinajstić information content (AvgIpc) is 2.62. The summed E-state index contributed by atoms with van der Waals surface area (Å²) in [5.41, 5.74) is 0.420. The van der Waals surface area contributed by atoms with Crippen molar-refractivity contribution < 1.29 is 9.53 Å². The molecular weight excluding hydrogens is 318 g/mol. The van der Waals surface area contributed by atoms with Gasteiger partial charge in [-0.25, -0.2) is 4.98 Å². The number of aromatic nitrogens is 2. The fraction of sp³-hybridized carbons (Fsp3) is 0.211. The fourth-order valence-corrected chi connectivity index (χ4v) is 2.49. The van der Waals surface area contributed by atoms with Crippen LogP contribution >= 0.6 is 0 Å². The van der Waals surface area contributed by atoms with E-state index in [9.17, 15) is 9.59 Å². The molecule has 0 fully saturated rings. The summed E-state index contributed by atoms with van der Waals surface area (Å²) in [4.78, 5) is 32.9. The third kappa shape index (κ3) is 4.23. The van der Waals surface area contributed by atoms with Crippen molar-refractivity contribution in [1.82, 2.24) is 14.9 Å².